The number of aliphatic carboxylic acids is 1. The van der Waals surface area contributed by atoms with Crippen LogP contribution in [0.5, 0.6) is 5.75 Å². The maximum atomic E-state index is 10.8. The van der Waals surface area contributed by atoms with Crippen molar-refractivity contribution in [2.24, 2.45) is 0 Å². The fourth-order valence-corrected chi connectivity index (χ4v) is 1.26. The molecule has 98 valence electrons. The Morgan fingerprint density at radius 1 is 1.63 bits per heavy atom. The predicted octanol–water partition coefficient (Wildman–Crippen LogP) is 1.98. The molecule has 0 spiro atoms. The maximum Gasteiger partial charge on any atom is 0.328 e. The number of carboxylic acid groups (broad SMARTS) is 1. The van der Waals surface area contributed by atoms with Crippen molar-refractivity contribution < 1.29 is 19.6 Å². The molecule has 0 radical (unpaired) electrons. The first-order valence-electron chi connectivity index (χ1n) is 5.19. The molecule has 0 saturated heterocycles. The molecule has 7 nitrogen and oxygen atoms in total. The first kappa shape index (κ1) is 14.2. The molecule has 1 unspecified atom stereocenters. The molecule has 1 aromatic carbocycles. The van der Waals surface area contributed by atoms with Gasteiger partial charge in [-0.15, -0.1) is 0 Å². The summed E-state index contributed by atoms with van der Waals surface area (Å²) >= 11 is 0. The van der Waals surface area contributed by atoms with Crippen LogP contribution in [0.2, 0.25) is 0 Å². The minimum absolute atomic E-state index is 0.0772. The number of ether oxygens (including phenoxy) is 1. The van der Waals surface area contributed by atoms with Crippen LogP contribution in [0, 0.1) is 21.4 Å². The summed E-state index contributed by atoms with van der Waals surface area (Å²) in [4.78, 5) is 20.6. The number of benzene rings is 1. The van der Waals surface area contributed by atoms with Crippen LogP contribution in [-0.4, -0.2) is 22.1 Å². The molecule has 0 fully saturated rings. The van der Waals surface area contributed by atoms with Crippen molar-refractivity contribution in [3.8, 4) is 11.8 Å². The predicted molar refractivity (Wildman–Crippen MR) is 65.5 cm³/mol. The lowest BCUT2D eigenvalue weighted by molar-refractivity contribution is -0.386. The van der Waals surface area contributed by atoms with Crippen molar-refractivity contribution in [1.29, 1.82) is 5.26 Å². The molecular formula is C12H10N2O5. The van der Waals surface area contributed by atoms with E-state index in [2.05, 4.69) is 0 Å². The smallest absolute Gasteiger partial charge is 0.328 e. The third-order valence-electron chi connectivity index (χ3n) is 2.08. The largest absolute Gasteiger partial charge is 0.478 e. The van der Waals surface area contributed by atoms with Crippen LogP contribution >= 0.6 is 0 Å². The van der Waals surface area contributed by atoms with Gasteiger partial charge in [0.1, 0.15) is 6.07 Å². The van der Waals surface area contributed by atoms with Gasteiger partial charge >= 0.3 is 11.7 Å². The molecule has 0 amide bonds. The van der Waals surface area contributed by atoms with Crippen molar-refractivity contribution in [3.63, 3.8) is 0 Å². The number of carboxylic acids is 1. The van der Waals surface area contributed by atoms with E-state index in [0.717, 1.165) is 6.08 Å². The summed E-state index contributed by atoms with van der Waals surface area (Å²) in [6, 6.07) is 5.69. The Hall–Kier alpha value is -2.88. The van der Waals surface area contributed by atoms with Gasteiger partial charge in [0.15, 0.2) is 11.9 Å². The van der Waals surface area contributed by atoms with E-state index < -0.39 is 17.0 Å². The van der Waals surface area contributed by atoms with Gasteiger partial charge in [0.2, 0.25) is 0 Å². The zero-order chi connectivity index (χ0) is 14.4. The van der Waals surface area contributed by atoms with E-state index in [0.29, 0.717) is 5.56 Å². The molecule has 0 aliphatic heterocycles. The van der Waals surface area contributed by atoms with Crippen LogP contribution in [0.3, 0.4) is 0 Å². The lowest BCUT2D eigenvalue weighted by Crippen LogP contribution is -2.09. The average molecular weight is 262 g/mol. The molecule has 1 aromatic rings. The Morgan fingerprint density at radius 3 is 2.84 bits per heavy atom. The number of rotatable bonds is 5. The summed E-state index contributed by atoms with van der Waals surface area (Å²) < 4.78 is 5.12. The van der Waals surface area contributed by atoms with Crippen molar-refractivity contribution in [2.75, 3.05) is 0 Å². The van der Waals surface area contributed by atoms with E-state index >= 15 is 0 Å². The first-order valence-corrected chi connectivity index (χ1v) is 5.19. The van der Waals surface area contributed by atoms with Crippen LogP contribution in [-0.2, 0) is 4.79 Å². The van der Waals surface area contributed by atoms with Gasteiger partial charge in [-0.05, 0) is 30.7 Å². The minimum atomic E-state index is -1.13. The molecular weight excluding hydrogens is 252 g/mol. The highest BCUT2D eigenvalue weighted by Crippen LogP contribution is 2.29. The van der Waals surface area contributed by atoms with Crippen molar-refractivity contribution in [3.05, 3.63) is 40.0 Å². The van der Waals surface area contributed by atoms with Gasteiger partial charge in [-0.3, -0.25) is 10.1 Å². The fourth-order valence-electron chi connectivity index (χ4n) is 1.26. The topological polar surface area (TPSA) is 113 Å². The molecule has 7 heteroatoms. The molecule has 1 N–H and O–H groups in total. The van der Waals surface area contributed by atoms with Crippen LogP contribution in [0.15, 0.2) is 24.3 Å². The monoisotopic (exact) mass is 262 g/mol. The van der Waals surface area contributed by atoms with Crippen LogP contribution in [0.1, 0.15) is 12.5 Å². The Labute approximate surface area is 108 Å². The zero-order valence-corrected chi connectivity index (χ0v) is 9.94. The van der Waals surface area contributed by atoms with Gasteiger partial charge in [0.05, 0.1) is 4.92 Å². The van der Waals surface area contributed by atoms with Crippen LogP contribution in [0.4, 0.5) is 5.69 Å². The number of hydrogen-bond donors (Lipinski definition) is 1. The fraction of sp³-hybridized carbons (Fsp3) is 0.167. The van der Waals surface area contributed by atoms with E-state index in [4.69, 9.17) is 15.1 Å². The van der Waals surface area contributed by atoms with Gasteiger partial charge in [-0.25, -0.2) is 4.79 Å². The highest BCUT2D eigenvalue weighted by molar-refractivity contribution is 5.85. The van der Waals surface area contributed by atoms with Crippen molar-refractivity contribution in [2.45, 2.75) is 13.0 Å². The highest BCUT2D eigenvalue weighted by Gasteiger charge is 2.17. The number of hydrogen-bond acceptors (Lipinski definition) is 5. The number of nitriles is 1. The second-order valence-electron chi connectivity index (χ2n) is 3.55. The van der Waals surface area contributed by atoms with Gasteiger partial charge in [-0.1, -0.05) is 0 Å². The minimum Gasteiger partial charge on any atom is -0.478 e. The quantitative estimate of drug-likeness (QED) is 0.493. The van der Waals surface area contributed by atoms with Crippen LogP contribution < -0.4 is 4.74 Å². The Morgan fingerprint density at radius 2 is 2.32 bits per heavy atom. The summed E-state index contributed by atoms with van der Waals surface area (Å²) in [6.45, 7) is 1.45. The van der Waals surface area contributed by atoms with Gasteiger partial charge < -0.3 is 9.84 Å². The molecule has 0 aromatic heterocycles. The van der Waals surface area contributed by atoms with Gasteiger partial charge in [0.25, 0.3) is 0 Å². The second-order valence-corrected chi connectivity index (χ2v) is 3.55. The molecule has 1 atom stereocenters. The number of nitrogens with zero attached hydrogens (tertiary/aromatic N) is 2. The molecule has 0 bridgehead atoms. The molecule has 0 aliphatic rings. The number of carbonyl (C=O) groups is 1. The van der Waals surface area contributed by atoms with Gasteiger partial charge in [-0.2, -0.15) is 5.26 Å². The van der Waals surface area contributed by atoms with Gasteiger partial charge in [0, 0.05) is 12.1 Å². The Kier molecular flexibility index (Phi) is 4.60. The highest BCUT2D eigenvalue weighted by atomic mass is 16.6. The van der Waals surface area contributed by atoms with Crippen molar-refractivity contribution >= 4 is 17.7 Å². The third kappa shape index (κ3) is 4.12. The van der Waals surface area contributed by atoms with Crippen LogP contribution in [0.25, 0.3) is 6.08 Å². The zero-order valence-electron chi connectivity index (χ0n) is 9.94. The lowest BCUT2D eigenvalue weighted by Gasteiger charge is -2.08. The molecule has 19 heavy (non-hydrogen) atoms. The molecule has 1 rings (SSSR count). The summed E-state index contributed by atoms with van der Waals surface area (Å²) in [5, 5.41) is 27.9. The molecule has 0 aliphatic carbocycles. The SMILES string of the molecule is CC(C#N)Oc1cc(C=CC(=O)O)ccc1[N+](=O)[O-]. The number of nitro groups is 1. The third-order valence-corrected chi connectivity index (χ3v) is 2.08. The lowest BCUT2D eigenvalue weighted by atomic mass is 10.1. The maximum absolute atomic E-state index is 10.8. The summed E-state index contributed by atoms with van der Waals surface area (Å²) in [6.07, 6.45) is 1.33. The first-order chi connectivity index (χ1) is 8.93. The van der Waals surface area contributed by atoms with E-state index in [1.807, 2.05) is 0 Å². The molecule has 0 heterocycles. The summed E-state index contributed by atoms with van der Waals surface area (Å²) in [5.74, 6) is -1.21. The van der Waals surface area contributed by atoms with Crippen molar-refractivity contribution in [1.82, 2.24) is 0 Å². The summed E-state index contributed by atoms with van der Waals surface area (Å²) in [7, 11) is 0. The van der Waals surface area contributed by atoms with E-state index in [-0.39, 0.29) is 11.4 Å². The van der Waals surface area contributed by atoms with E-state index in [1.54, 1.807) is 6.07 Å². The Bertz CT molecular complexity index is 574. The molecule has 0 saturated carbocycles. The summed E-state index contributed by atoms with van der Waals surface area (Å²) in [5.41, 5.74) is 0.141. The van der Waals surface area contributed by atoms with E-state index in [1.165, 1.54) is 31.2 Å². The Balaban J connectivity index is 3.15. The van der Waals surface area contributed by atoms with E-state index in [9.17, 15) is 14.9 Å². The number of nitro benzene ring substituents is 1. The standard InChI is InChI=1S/C12H10N2O5/c1-8(7-13)19-11-6-9(3-5-12(15)16)2-4-10(11)14(17)18/h2-6,8H,1H3,(H,15,16). The second kappa shape index (κ2) is 6.16. The average Bonchev–Trinajstić information content (AvgIpc) is 2.36. The normalized spacial score (nSPS) is 11.8.